The maximum atomic E-state index is 13.9. The average Bonchev–Trinajstić information content (AvgIpc) is 2.90. The normalized spacial score (nSPS) is 12.9. The molecule has 7 nitrogen and oxygen atoms in total. The van der Waals surface area contributed by atoms with Crippen LogP contribution < -0.4 is 9.62 Å². The summed E-state index contributed by atoms with van der Waals surface area (Å²) in [5.74, 6) is -0.873. The molecule has 0 aliphatic rings. The van der Waals surface area contributed by atoms with Gasteiger partial charge in [-0.05, 0) is 81.3 Å². The first-order valence-electron chi connectivity index (χ1n) is 12.6. The Morgan fingerprint density at radius 2 is 1.56 bits per heavy atom. The van der Waals surface area contributed by atoms with Gasteiger partial charge >= 0.3 is 0 Å². The number of benzene rings is 3. The number of sulfonamides is 1. The second-order valence-corrected chi connectivity index (χ2v) is 12.2. The molecule has 208 valence electrons. The number of hydrogen-bond donors (Lipinski definition) is 1. The molecule has 0 heterocycles. The summed E-state index contributed by atoms with van der Waals surface area (Å²) in [6, 6.07) is 18.6. The van der Waals surface area contributed by atoms with E-state index in [4.69, 9.17) is 23.2 Å². The third kappa shape index (κ3) is 7.97. The Morgan fingerprint density at radius 3 is 2.15 bits per heavy atom. The van der Waals surface area contributed by atoms with Gasteiger partial charge < -0.3 is 10.2 Å². The zero-order chi connectivity index (χ0) is 28.7. The van der Waals surface area contributed by atoms with Crippen LogP contribution >= 0.6 is 23.2 Å². The maximum absolute atomic E-state index is 13.9. The molecule has 0 aliphatic heterocycles. The van der Waals surface area contributed by atoms with Crippen LogP contribution in [0.15, 0.2) is 77.7 Å². The molecule has 3 aromatic carbocycles. The summed E-state index contributed by atoms with van der Waals surface area (Å²) in [4.78, 5) is 28.4. The topological polar surface area (TPSA) is 86.8 Å². The molecular weight excluding hydrogens is 557 g/mol. The molecule has 0 aliphatic carbocycles. The van der Waals surface area contributed by atoms with Crippen molar-refractivity contribution in [1.82, 2.24) is 10.2 Å². The van der Waals surface area contributed by atoms with Crippen molar-refractivity contribution in [3.63, 3.8) is 0 Å². The number of carbonyl (C=O) groups is 2. The molecular formula is C29H33Cl2N3O4S. The van der Waals surface area contributed by atoms with Gasteiger partial charge in [0.1, 0.15) is 12.6 Å². The minimum Gasteiger partial charge on any atom is -0.352 e. The summed E-state index contributed by atoms with van der Waals surface area (Å²) in [7, 11) is -4.16. The minimum atomic E-state index is -4.16. The number of halogens is 2. The maximum Gasteiger partial charge on any atom is 0.264 e. The molecule has 0 saturated heterocycles. The largest absolute Gasteiger partial charge is 0.352 e. The van der Waals surface area contributed by atoms with E-state index >= 15 is 0 Å². The quantitative estimate of drug-likeness (QED) is 0.305. The molecule has 0 bridgehead atoms. The molecule has 0 saturated carbocycles. The fourth-order valence-corrected chi connectivity index (χ4v) is 5.61. The standard InChI is InChI=1S/C29H33Cl2N3O4S/c1-5-21(3)32-29(36)22(4)33(18-23-7-6-8-25(31)17-23)28(35)19-34(26-13-9-20(2)10-14-26)39(37,38)27-15-11-24(30)12-16-27/h6-17,21-22H,5,18-19H2,1-4H3,(H,32,36). The van der Waals surface area contributed by atoms with Crippen LogP contribution in [-0.4, -0.2) is 43.8 Å². The van der Waals surface area contributed by atoms with Crippen molar-refractivity contribution in [2.24, 2.45) is 0 Å². The molecule has 0 radical (unpaired) electrons. The van der Waals surface area contributed by atoms with E-state index in [0.29, 0.717) is 21.3 Å². The highest BCUT2D eigenvalue weighted by molar-refractivity contribution is 7.92. The van der Waals surface area contributed by atoms with Gasteiger partial charge in [-0.2, -0.15) is 0 Å². The Morgan fingerprint density at radius 1 is 0.923 bits per heavy atom. The fourth-order valence-electron chi connectivity index (χ4n) is 3.85. The van der Waals surface area contributed by atoms with Crippen molar-refractivity contribution >= 4 is 50.7 Å². The highest BCUT2D eigenvalue weighted by Gasteiger charge is 2.32. The molecule has 0 fully saturated rings. The Kier molecular flexibility index (Phi) is 10.4. The predicted octanol–water partition coefficient (Wildman–Crippen LogP) is 5.83. The molecule has 0 aromatic heterocycles. The summed E-state index contributed by atoms with van der Waals surface area (Å²) < 4.78 is 28.6. The predicted molar refractivity (Wildman–Crippen MR) is 157 cm³/mol. The van der Waals surface area contributed by atoms with Crippen molar-refractivity contribution in [2.75, 3.05) is 10.8 Å². The average molecular weight is 591 g/mol. The number of nitrogens with zero attached hydrogens (tertiary/aromatic N) is 2. The lowest BCUT2D eigenvalue weighted by molar-refractivity contribution is -0.139. The molecule has 10 heteroatoms. The number of anilines is 1. The molecule has 0 spiro atoms. The summed E-state index contributed by atoms with van der Waals surface area (Å²) in [5, 5.41) is 3.79. The van der Waals surface area contributed by atoms with E-state index in [1.54, 1.807) is 55.5 Å². The van der Waals surface area contributed by atoms with Crippen LogP contribution in [0.4, 0.5) is 5.69 Å². The lowest BCUT2D eigenvalue weighted by Gasteiger charge is -2.32. The van der Waals surface area contributed by atoms with Crippen LogP contribution in [0.25, 0.3) is 0 Å². The molecule has 2 atom stereocenters. The van der Waals surface area contributed by atoms with Gasteiger partial charge in [-0.25, -0.2) is 8.42 Å². The fraction of sp³-hybridized carbons (Fsp3) is 0.310. The zero-order valence-electron chi connectivity index (χ0n) is 22.4. The van der Waals surface area contributed by atoms with Gasteiger partial charge in [-0.3, -0.25) is 13.9 Å². The lowest BCUT2D eigenvalue weighted by Crippen LogP contribution is -2.52. The number of carbonyl (C=O) groups excluding carboxylic acids is 2. The minimum absolute atomic E-state index is 0.00997. The van der Waals surface area contributed by atoms with E-state index in [9.17, 15) is 18.0 Å². The van der Waals surface area contributed by atoms with Crippen LogP contribution in [0.5, 0.6) is 0 Å². The first-order chi connectivity index (χ1) is 18.4. The van der Waals surface area contributed by atoms with Gasteiger partial charge in [0, 0.05) is 22.6 Å². The van der Waals surface area contributed by atoms with Crippen LogP contribution in [0.3, 0.4) is 0 Å². The first-order valence-corrected chi connectivity index (χ1v) is 14.8. The molecule has 3 aromatic rings. The van der Waals surface area contributed by atoms with Crippen molar-refractivity contribution in [1.29, 1.82) is 0 Å². The highest BCUT2D eigenvalue weighted by atomic mass is 35.5. The summed E-state index contributed by atoms with van der Waals surface area (Å²) in [6.07, 6.45) is 0.723. The number of amides is 2. The van der Waals surface area contributed by atoms with Crippen molar-refractivity contribution in [3.8, 4) is 0 Å². The van der Waals surface area contributed by atoms with Crippen LogP contribution in [-0.2, 0) is 26.2 Å². The van der Waals surface area contributed by atoms with E-state index < -0.39 is 28.5 Å². The zero-order valence-corrected chi connectivity index (χ0v) is 24.7. The van der Waals surface area contributed by atoms with Gasteiger partial charge in [0.15, 0.2) is 0 Å². The Labute approximate surface area is 240 Å². The number of nitrogens with one attached hydrogen (secondary N) is 1. The van der Waals surface area contributed by atoms with Gasteiger partial charge in [0.25, 0.3) is 10.0 Å². The van der Waals surface area contributed by atoms with Gasteiger partial charge in [0.05, 0.1) is 10.6 Å². The summed E-state index contributed by atoms with van der Waals surface area (Å²) in [5.41, 5.74) is 1.97. The highest BCUT2D eigenvalue weighted by Crippen LogP contribution is 2.26. The third-order valence-corrected chi connectivity index (χ3v) is 8.69. The van der Waals surface area contributed by atoms with E-state index in [1.165, 1.54) is 29.2 Å². The van der Waals surface area contributed by atoms with Gasteiger partial charge in [0.2, 0.25) is 11.8 Å². The Bertz CT molecular complexity index is 1400. The van der Waals surface area contributed by atoms with Gasteiger partial charge in [-0.1, -0.05) is 60.0 Å². The number of hydrogen-bond acceptors (Lipinski definition) is 4. The van der Waals surface area contributed by atoms with Crippen molar-refractivity contribution in [3.05, 3.63) is 94.0 Å². The monoisotopic (exact) mass is 589 g/mol. The second-order valence-electron chi connectivity index (χ2n) is 9.45. The lowest BCUT2D eigenvalue weighted by atomic mass is 10.1. The van der Waals surface area contributed by atoms with Crippen LogP contribution in [0, 0.1) is 6.92 Å². The smallest absolute Gasteiger partial charge is 0.264 e. The van der Waals surface area contributed by atoms with Crippen molar-refractivity contribution < 1.29 is 18.0 Å². The first kappa shape index (κ1) is 30.5. The van der Waals surface area contributed by atoms with Crippen LogP contribution in [0.2, 0.25) is 10.0 Å². The Balaban J connectivity index is 2.02. The van der Waals surface area contributed by atoms with E-state index in [1.807, 2.05) is 20.8 Å². The number of rotatable bonds is 11. The SMILES string of the molecule is CCC(C)NC(=O)C(C)N(Cc1cccc(Cl)c1)C(=O)CN(c1ccc(C)cc1)S(=O)(=O)c1ccc(Cl)cc1. The van der Waals surface area contributed by atoms with E-state index in [2.05, 4.69) is 5.32 Å². The van der Waals surface area contributed by atoms with E-state index in [0.717, 1.165) is 16.3 Å². The molecule has 1 N–H and O–H groups in total. The summed E-state index contributed by atoms with van der Waals surface area (Å²) >= 11 is 12.2. The third-order valence-electron chi connectivity index (χ3n) is 6.41. The van der Waals surface area contributed by atoms with Crippen molar-refractivity contribution in [2.45, 2.75) is 57.6 Å². The second kappa shape index (κ2) is 13.3. The molecule has 2 amide bonds. The molecule has 3 rings (SSSR count). The Hall–Kier alpha value is -3.07. The molecule has 2 unspecified atom stereocenters. The summed E-state index contributed by atoms with van der Waals surface area (Å²) in [6.45, 7) is 6.89. The van der Waals surface area contributed by atoms with Crippen LogP contribution in [0.1, 0.15) is 38.3 Å². The number of aryl methyl sites for hydroxylation is 1. The van der Waals surface area contributed by atoms with E-state index in [-0.39, 0.29) is 23.4 Å². The van der Waals surface area contributed by atoms with Gasteiger partial charge in [-0.15, -0.1) is 0 Å². The molecule has 39 heavy (non-hydrogen) atoms.